The number of allylic oxidation sites excluding steroid dienone is 2. The van der Waals surface area contributed by atoms with Gasteiger partial charge in [-0.2, -0.15) is 5.26 Å². The first-order valence-electron chi connectivity index (χ1n) is 4.14. The molecular weight excluding hydrogens is 152 g/mol. The van der Waals surface area contributed by atoms with Crippen LogP contribution in [0.15, 0.2) is 16.3 Å². The lowest BCUT2D eigenvalue weighted by atomic mass is 10.2. The van der Waals surface area contributed by atoms with Gasteiger partial charge in [0.05, 0.1) is 23.9 Å². The van der Waals surface area contributed by atoms with Gasteiger partial charge in [-0.25, -0.2) is 4.99 Å². The highest BCUT2D eigenvalue weighted by molar-refractivity contribution is 5.50. The number of rotatable bonds is 3. The van der Waals surface area contributed by atoms with E-state index in [1.54, 1.807) is 0 Å². The van der Waals surface area contributed by atoms with Gasteiger partial charge in [0.2, 0.25) is 0 Å². The van der Waals surface area contributed by atoms with Gasteiger partial charge < -0.3 is 4.74 Å². The summed E-state index contributed by atoms with van der Waals surface area (Å²) < 4.78 is 4.95. The van der Waals surface area contributed by atoms with Gasteiger partial charge in [0, 0.05) is 0 Å². The van der Waals surface area contributed by atoms with E-state index in [1.807, 2.05) is 6.92 Å². The Morgan fingerprint density at radius 2 is 2.50 bits per heavy atom. The zero-order valence-electron chi connectivity index (χ0n) is 7.21. The van der Waals surface area contributed by atoms with Crippen LogP contribution in [-0.2, 0) is 4.74 Å². The fourth-order valence-electron chi connectivity index (χ4n) is 1.17. The molecule has 3 heteroatoms. The first kappa shape index (κ1) is 8.79. The minimum Gasteiger partial charge on any atom is -0.483 e. The van der Waals surface area contributed by atoms with Crippen LogP contribution < -0.4 is 0 Å². The molecule has 0 aliphatic heterocycles. The smallest absolute Gasteiger partial charge is 0.174 e. The second-order valence-electron chi connectivity index (χ2n) is 2.58. The third-order valence-electron chi connectivity index (χ3n) is 1.77. The number of nitriles is 1. The summed E-state index contributed by atoms with van der Waals surface area (Å²) in [6.07, 6.45) is 4.25. The Kier molecular flexibility index (Phi) is 3.34. The molecule has 0 spiro atoms. The van der Waals surface area contributed by atoms with E-state index in [2.05, 4.69) is 11.1 Å². The highest BCUT2D eigenvalue weighted by Gasteiger charge is 2.12. The SMILES string of the molecule is CCOC=NC1=C(C#N)CCC1. The molecule has 12 heavy (non-hydrogen) atoms. The van der Waals surface area contributed by atoms with E-state index in [9.17, 15) is 0 Å². The van der Waals surface area contributed by atoms with Crippen molar-refractivity contribution in [2.75, 3.05) is 6.61 Å². The van der Waals surface area contributed by atoms with Gasteiger partial charge in [0.1, 0.15) is 0 Å². The molecule has 0 unspecified atom stereocenters. The third-order valence-corrected chi connectivity index (χ3v) is 1.77. The fraction of sp³-hybridized carbons (Fsp3) is 0.556. The molecule has 0 aromatic carbocycles. The van der Waals surface area contributed by atoms with Gasteiger partial charge in [-0.15, -0.1) is 0 Å². The van der Waals surface area contributed by atoms with Crippen LogP contribution in [0.3, 0.4) is 0 Å². The highest BCUT2D eigenvalue weighted by Crippen LogP contribution is 2.25. The molecule has 3 nitrogen and oxygen atoms in total. The van der Waals surface area contributed by atoms with E-state index < -0.39 is 0 Å². The lowest BCUT2D eigenvalue weighted by molar-refractivity contribution is 0.343. The normalized spacial score (nSPS) is 17.0. The number of ether oxygens (including phenoxy) is 1. The van der Waals surface area contributed by atoms with E-state index in [0.29, 0.717) is 6.61 Å². The average Bonchev–Trinajstić information content (AvgIpc) is 2.52. The molecule has 1 rings (SSSR count). The summed E-state index contributed by atoms with van der Waals surface area (Å²) in [5.74, 6) is 0. The van der Waals surface area contributed by atoms with Crippen LogP contribution in [0.25, 0.3) is 0 Å². The third kappa shape index (κ3) is 2.09. The molecule has 1 aliphatic carbocycles. The van der Waals surface area contributed by atoms with Gasteiger partial charge in [0.15, 0.2) is 6.40 Å². The van der Waals surface area contributed by atoms with Crippen molar-refractivity contribution >= 4 is 6.40 Å². The summed E-state index contributed by atoms with van der Waals surface area (Å²) in [6.45, 7) is 2.53. The molecule has 0 bridgehead atoms. The molecule has 1 aliphatic rings. The van der Waals surface area contributed by atoms with Crippen molar-refractivity contribution in [2.45, 2.75) is 26.2 Å². The predicted molar refractivity (Wildman–Crippen MR) is 46.6 cm³/mol. The maximum Gasteiger partial charge on any atom is 0.174 e. The molecule has 0 aromatic heterocycles. The molecule has 0 amide bonds. The summed E-state index contributed by atoms with van der Waals surface area (Å²) in [5.41, 5.74) is 1.71. The van der Waals surface area contributed by atoms with Gasteiger partial charge in [-0.1, -0.05) is 0 Å². The predicted octanol–water partition coefficient (Wildman–Crippen LogP) is 2.01. The summed E-state index contributed by atoms with van der Waals surface area (Å²) in [5, 5.41) is 8.67. The Bertz CT molecular complexity index is 248. The van der Waals surface area contributed by atoms with Crippen LogP contribution in [0.4, 0.5) is 0 Å². The summed E-state index contributed by atoms with van der Waals surface area (Å²) in [6, 6.07) is 2.15. The second kappa shape index (κ2) is 4.55. The lowest BCUT2D eigenvalue weighted by Gasteiger charge is -1.93. The molecule has 0 heterocycles. The molecular formula is C9H12N2O. The minimum atomic E-state index is 0.624. The Morgan fingerprint density at radius 1 is 1.67 bits per heavy atom. The zero-order valence-corrected chi connectivity index (χ0v) is 7.21. The Balaban J connectivity index is 2.56. The monoisotopic (exact) mass is 164 g/mol. The van der Waals surface area contributed by atoms with Gasteiger partial charge in [0.25, 0.3) is 0 Å². The van der Waals surface area contributed by atoms with E-state index >= 15 is 0 Å². The number of hydrogen-bond donors (Lipinski definition) is 0. The van der Waals surface area contributed by atoms with Crippen LogP contribution in [0, 0.1) is 11.3 Å². The van der Waals surface area contributed by atoms with Crippen LogP contribution in [0.2, 0.25) is 0 Å². The Morgan fingerprint density at radius 3 is 3.17 bits per heavy atom. The minimum absolute atomic E-state index is 0.624. The highest BCUT2D eigenvalue weighted by atomic mass is 16.5. The van der Waals surface area contributed by atoms with Gasteiger partial charge in [-0.3, -0.25) is 0 Å². The average molecular weight is 164 g/mol. The van der Waals surface area contributed by atoms with Crippen LogP contribution in [-0.4, -0.2) is 13.0 Å². The van der Waals surface area contributed by atoms with Crippen molar-refractivity contribution in [3.05, 3.63) is 11.3 Å². The number of hydrogen-bond acceptors (Lipinski definition) is 3. The van der Waals surface area contributed by atoms with Crippen LogP contribution in [0.1, 0.15) is 26.2 Å². The largest absolute Gasteiger partial charge is 0.483 e. The van der Waals surface area contributed by atoms with Crippen molar-refractivity contribution in [1.29, 1.82) is 5.26 Å². The first-order valence-corrected chi connectivity index (χ1v) is 4.14. The van der Waals surface area contributed by atoms with Crippen molar-refractivity contribution in [3.8, 4) is 6.07 Å². The standard InChI is InChI=1S/C9H12N2O/c1-2-12-7-11-9-5-3-4-8(9)6-10/h7H,2-5H2,1H3. The molecule has 0 saturated heterocycles. The van der Waals surface area contributed by atoms with E-state index in [0.717, 1.165) is 30.5 Å². The zero-order chi connectivity index (χ0) is 8.81. The van der Waals surface area contributed by atoms with Crippen LogP contribution >= 0.6 is 0 Å². The number of aliphatic imine (C=N–C) groups is 1. The summed E-state index contributed by atoms with van der Waals surface area (Å²) in [4.78, 5) is 4.08. The molecule has 64 valence electrons. The van der Waals surface area contributed by atoms with Crippen molar-refractivity contribution < 1.29 is 4.74 Å². The molecule has 0 atom stereocenters. The second-order valence-corrected chi connectivity index (χ2v) is 2.58. The van der Waals surface area contributed by atoms with Crippen LogP contribution in [0.5, 0.6) is 0 Å². The van der Waals surface area contributed by atoms with Crippen molar-refractivity contribution in [2.24, 2.45) is 4.99 Å². The van der Waals surface area contributed by atoms with Crippen molar-refractivity contribution in [3.63, 3.8) is 0 Å². The molecule has 0 radical (unpaired) electrons. The molecule has 0 N–H and O–H groups in total. The maximum atomic E-state index is 8.67. The Hall–Kier alpha value is -1.30. The molecule has 0 fully saturated rings. The molecule has 0 aromatic rings. The Labute approximate surface area is 72.4 Å². The molecule has 0 saturated carbocycles. The topological polar surface area (TPSA) is 45.4 Å². The maximum absolute atomic E-state index is 8.67. The van der Waals surface area contributed by atoms with Crippen molar-refractivity contribution in [1.82, 2.24) is 0 Å². The summed E-state index contributed by atoms with van der Waals surface area (Å²) >= 11 is 0. The van der Waals surface area contributed by atoms with E-state index in [1.165, 1.54) is 6.40 Å². The lowest BCUT2D eigenvalue weighted by Crippen LogP contribution is -1.86. The first-order chi connectivity index (χ1) is 5.88. The van der Waals surface area contributed by atoms with Gasteiger partial charge >= 0.3 is 0 Å². The van der Waals surface area contributed by atoms with E-state index in [-0.39, 0.29) is 0 Å². The quantitative estimate of drug-likeness (QED) is 0.473. The number of nitrogens with zero attached hydrogens (tertiary/aromatic N) is 2. The fourth-order valence-corrected chi connectivity index (χ4v) is 1.17. The summed E-state index contributed by atoms with van der Waals surface area (Å²) in [7, 11) is 0. The van der Waals surface area contributed by atoms with E-state index in [4.69, 9.17) is 10.00 Å². The van der Waals surface area contributed by atoms with Gasteiger partial charge in [-0.05, 0) is 26.2 Å².